The number of rotatable bonds is 8. The Balaban J connectivity index is 1.91. The second kappa shape index (κ2) is 8.45. The monoisotopic (exact) mass is 447 g/mol. The molecule has 0 bridgehead atoms. The van der Waals surface area contributed by atoms with Gasteiger partial charge < -0.3 is 4.42 Å². The zero-order chi connectivity index (χ0) is 21.2. The molecule has 3 aromatic heterocycles. The first kappa shape index (κ1) is 21.2. The van der Waals surface area contributed by atoms with E-state index in [4.69, 9.17) is 4.42 Å². The molecule has 3 rings (SSSR count). The number of halogens is 3. The lowest BCUT2D eigenvalue weighted by Crippen LogP contribution is -2.32. The predicted molar refractivity (Wildman–Crippen MR) is 99.8 cm³/mol. The van der Waals surface area contributed by atoms with Gasteiger partial charge in [-0.15, -0.1) is 21.5 Å². The van der Waals surface area contributed by atoms with Crippen molar-refractivity contribution in [1.82, 2.24) is 20.2 Å². The summed E-state index contributed by atoms with van der Waals surface area (Å²) in [4.78, 5) is 8.36. The van der Waals surface area contributed by atoms with Crippen molar-refractivity contribution in [2.75, 3.05) is 10.1 Å². The van der Waals surface area contributed by atoms with Crippen LogP contribution in [0.4, 0.5) is 18.9 Å². The minimum atomic E-state index is -3.73. The fourth-order valence-electron chi connectivity index (χ4n) is 2.33. The SMILES string of the molecule is CCS(=O)(=O)N(Cc1ncc(-c2nnc(C(F)F)o2)s1)c1cncc(C(C)F)c1. The van der Waals surface area contributed by atoms with Crippen molar-refractivity contribution in [3.05, 3.63) is 41.1 Å². The van der Waals surface area contributed by atoms with Gasteiger partial charge in [0.25, 0.3) is 11.8 Å². The summed E-state index contributed by atoms with van der Waals surface area (Å²) in [6.07, 6.45) is -0.242. The van der Waals surface area contributed by atoms with Gasteiger partial charge in [-0.1, -0.05) is 0 Å². The number of nitrogens with zero attached hydrogens (tertiary/aromatic N) is 5. The molecule has 29 heavy (non-hydrogen) atoms. The normalized spacial score (nSPS) is 13.0. The molecule has 0 aliphatic heterocycles. The maximum atomic E-state index is 13.6. The van der Waals surface area contributed by atoms with Crippen LogP contribution in [0, 0.1) is 0 Å². The van der Waals surface area contributed by atoms with Gasteiger partial charge >= 0.3 is 6.43 Å². The highest BCUT2D eigenvalue weighted by Gasteiger charge is 2.25. The maximum absolute atomic E-state index is 13.6. The summed E-state index contributed by atoms with van der Waals surface area (Å²) in [5.74, 6) is -1.14. The molecule has 1 atom stereocenters. The van der Waals surface area contributed by atoms with Gasteiger partial charge in [0, 0.05) is 11.8 Å². The number of hydrogen-bond donors (Lipinski definition) is 0. The fraction of sp³-hybridized carbons (Fsp3) is 0.375. The van der Waals surface area contributed by atoms with Crippen molar-refractivity contribution in [2.24, 2.45) is 0 Å². The van der Waals surface area contributed by atoms with E-state index in [1.807, 2.05) is 0 Å². The molecule has 0 spiro atoms. The molecule has 0 radical (unpaired) electrons. The number of sulfonamides is 1. The van der Waals surface area contributed by atoms with Gasteiger partial charge in [0.2, 0.25) is 10.0 Å². The Bertz CT molecular complexity index is 1080. The van der Waals surface area contributed by atoms with Gasteiger partial charge in [0.15, 0.2) is 0 Å². The van der Waals surface area contributed by atoms with Gasteiger partial charge in [0.05, 0.1) is 30.4 Å². The highest BCUT2D eigenvalue weighted by molar-refractivity contribution is 7.92. The highest BCUT2D eigenvalue weighted by Crippen LogP contribution is 2.30. The summed E-state index contributed by atoms with van der Waals surface area (Å²) in [5, 5.41) is 7.15. The maximum Gasteiger partial charge on any atom is 0.314 e. The Kier molecular flexibility index (Phi) is 6.17. The van der Waals surface area contributed by atoms with Crippen molar-refractivity contribution in [1.29, 1.82) is 0 Å². The lowest BCUT2D eigenvalue weighted by Gasteiger charge is -2.23. The zero-order valence-electron chi connectivity index (χ0n) is 15.3. The Morgan fingerprint density at radius 2 is 1.97 bits per heavy atom. The van der Waals surface area contributed by atoms with Crippen LogP contribution in [0.2, 0.25) is 0 Å². The molecule has 13 heteroatoms. The van der Waals surface area contributed by atoms with E-state index in [9.17, 15) is 21.6 Å². The second-order valence-electron chi connectivity index (χ2n) is 5.86. The first-order chi connectivity index (χ1) is 13.7. The third-order valence-corrected chi connectivity index (χ3v) is 6.57. The largest absolute Gasteiger partial charge is 0.414 e. The molecule has 156 valence electrons. The molecule has 0 aliphatic rings. The van der Waals surface area contributed by atoms with Gasteiger partial charge in [-0.25, -0.2) is 17.8 Å². The van der Waals surface area contributed by atoms with E-state index >= 15 is 0 Å². The molecule has 0 aliphatic carbocycles. The molecule has 0 saturated heterocycles. The van der Waals surface area contributed by atoms with Crippen LogP contribution in [0.15, 0.2) is 29.1 Å². The predicted octanol–water partition coefficient (Wildman–Crippen LogP) is 3.91. The number of pyridine rings is 1. The highest BCUT2D eigenvalue weighted by atomic mass is 32.2. The number of aromatic nitrogens is 4. The van der Waals surface area contributed by atoms with E-state index in [2.05, 4.69) is 20.2 Å². The quantitative estimate of drug-likeness (QED) is 0.516. The zero-order valence-corrected chi connectivity index (χ0v) is 16.9. The molecule has 0 amide bonds. The Morgan fingerprint density at radius 1 is 1.21 bits per heavy atom. The number of hydrogen-bond acceptors (Lipinski definition) is 8. The van der Waals surface area contributed by atoms with Crippen molar-refractivity contribution in [3.8, 4) is 10.8 Å². The van der Waals surface area contributed by atoms with E-state index in [0.717, 1.165) is 15.6 Å². The third kappa shape index (κ3) is 4.72. The molecule has 1 unspecified atom stereocenters. The van der Waals surface area contributed by atoms with Gasteiger partial charge in [0.1, 0.15) is 16.1 Å². The van der Waals surface area contributed by atoms with E-state index < -0.39 is 28.5 Å². The summed E-state index contributed by atoms with van der Waals surface area (Å²) in [7, 11) is -3.73. The van der Waals surface area contributed by atoms with Crippen molar-refractivity contribution >= 4 is 27.0 Å². The summed E-state index contributed by atoms with van der Waals surface area (Å²) < 4.78 is 70.0. The molecule has 8 nitrogen and oxygen atoms in total. The van der Waals surface area contributed by atoms with E-state index in [1.54, 1.807) is 0 Å². The second-order valence-corrected chi connectivity index (χ2v) is 9.16. The molecular formula is C16H16F3N5O3S2. The Labute approximate surface area is 168 Å². The lowest BCUT2D eigenvalue weighted by atomic mass is 10.2. The number of alkyl halides is 3. The van der Waals surface area contributed by atoms with Crippen LogP contribution in [-0.4, -0.2) is 34.3 Å². The smallest absolute Gasteiger partial charge is 0.314 e. The van der Waals surface area contributed by atoms with E-state index in [-0.39, 0.29) is 29.4 Å². The first-order valence-electron chi connectivity index (χ1n) is 8.37. The summed E-state index contributed by atoms with van der Waals surface area (Å²) in [5.41, 5.74) is 0.437. The molecule has 0 N–H and O–H groups in total. The molecule has 0 saturated carbocycles. The van der Waals surface area contributed by atoms with Crippen LogP contribution >= 0.6 is 11.3 Å². The first-order valence-corrected chi connectivity index (χ1v) is 10.8. The molecule has 3 heterocycles. The van der Waals surface area contributed by atoms with Gasteiger partial charge in [-0.05, 0) is 19.9 Å². The Hall–Kier alpha value is -2.54. The van der Waals surface area contributed by atoms with Crippen molar-refractivity contribution < 1.29 is 26.0 Å². The summed E-state index contributed by atoms with van der Waals surface area (Å²) in [6.45, 7) is 2.65. The van der Waals surface area contributed by atoms with Crippen molar-refractivity contribution in [2.45, 2.75) is 33.0 Å². The molecule has 0 fully saturated rings. The molecular weight excluding hydrogens is 431 g/mol. The van der Waals surface area contributed by atoms with Crippen LogP contribution in [0.3, 0.4) is 0 Å². The minimum absolute atomic E-state index is 0.135. The Morgan fingerprint density at radius 3 is 2.59 bits per heavy atom. The van der Waals surface area contributed by atoms with Crippen LogP contribution in [-0.2, 0) is 16.6 Å². The van der Waals surface area contributed by atoms with Crippen molar-refractivity contribution in [3.63, 3.8) is 0 Å². The van der Waals surface area contributed by atoms with Gasteiger partial charge in [-0.2, -0.15) is 8.78 Å². The van der Waals surface area contributed by atoms with Crippen LogP contribution < -0.4 is 4.31 Å². The molecule has 3 aromatic rings. The number of thiazole rings is 1. The minimum Gasteiger partial charge on any atom is -0.414 e. The lowest BCUT2D eigenvalue weighted by molar-refractivity contribution is 0.116. The topological polar surface area (TPSA) is 102 Å². The number of anilines is 1. The summed E-state index contributed by atoms with van der Waals surface area (Å²) in [6, 6.07) is 1.41. The standard InChI is InChI=1S/C16H16F3N5O3S2/c1-3-29(25,26)24(11-4-10(9(2)17)5-20-6-11)8-13-21-7-12(28-13)15-22-23-16(27-15)14(18)19/h4-7,9,14H,3,8H2,1-2H3. The fourth-order valence-corrected chi connectivity index (χ4v) is 4.29. The summed E-state index contributed by atoms with van der Waals surface area (Å²) >= 11 is 1.02. The average Bonchev–Trinajstić information content (AvgIpc) is 3.35. The molecule has 0 aromatic carbocycles. The van der Waals surface area contributed by atoms with E-state index in [0.29, 0.717) is 9.88 Å². The average molecular weight is 447 g/mol. The van der Waals surface area contributed by atoms with Crippen LogP contribution in [0.25, 0.3) is 10.8 Å². The van der Waals surface area contributed by atoms with Gasteiger partial charge in [-0.3, -0.25) is 9.29 Å². The van der Waals surface area contributed by atoms with Crippen LogP contribution in [0.5, 0.6) is 0 Å². The third-order valence-electron chi connectivity index (χ3n) is 3.86. The van der Waals surface area contributed by atoms with E-state index in [1.165, 1.54) is 38.5 Å². The van der Waals surface area contributed by atoms with Crippen LogP contribution in [0.1, 0.15) is 42.9 Å².